The minimum atomic E-state index is -4.60. The zero-order chi connectivity index (χ0) is 40.7. The Balaban J connectivity index is 4.37. The Labute approximate surface area is 339 Å². The van der Waals surface area contributed by atoms with Crippen LogP contribution in [0, 0.1) is 0 Å². The van der Waals surface area contributed by atoms with Crippen molar-refractivity contribution < 1.29 is 32.9 Å². The molecule has 0 aliphatic heterocycles. The van der Waals surface area contributed by atoms with Crippen molar-refractivity contribution in [2.45, 2.75) is 199 Å². The summed E-state index contributed by atoms with van der Waals surface area (Å²) in [5, 5.41) is 13.7. The summed E-state index contributed by atoms with van der Waals surface area (Å²) in [4.78, 5) is 25.1. The van der Waals surface area contributed by atoms with Crippen molar-refractivity contribution in [3.8, 4) is 0 Å². The second kappa shape index (κ2) is 38.0. The first-order valence-corrected chi connectivity index (χ1v) is 24.0. The van der Waals surface area contributed by atoms with Crippen LogP contribution in [0.1, 0.15) is 187 Å². The third-order valence-electron chi connectivity index (χ3n) is 9.74. The molecule has 0 aromatic rings. The van der Waals surface area contributed by atoms with Crippen LogP contribution in [0.2, 0.25) is 0 Å². The number of amides is 1. The van der Waals surface area contributed by atoms with Crippen LogP contribution < -0.4 is 10.2 Å². The van der Waals surface area contributed by atoms with Gasteiger partial charge in [0.05, 0.1) is 39.9 Å². The number of allylic oxidation sites excluding steroid dienone is 7. The molecule has 322 valence electrons. The van der Waals surface area contributed by atoms with E-state index in [0.29, 0.717) is 17.4 Å². The topological polar surface area (TPSA) is 108 Å². The Morgan fingerprint density at radius 1 is 0.618 bits per heavy atom. The van der Waals surface area contributed by atoms with E-state index in [1.54, 1.807) is 6.08 Å². The SMILES string of the molecule is CCCCCC/C=C\CCCC(=O)NC(COP(=O)([O-])OCC[N+](C)(C)C)C(O)/C=C/CC/C=C/CC/C=C/CCCCCCCCCCCCCCCC. The van der Waals surface area contributed by atoms with Crippen LogP contribution in [0.3, 0.4) is 0 Å². The van der Waals surface area contributed by atoms with Gasteiger partial charge in [0.2, 0.25) is 5.91 Å². The molecule has 0 saturated heterocycles. The Hall–Kier alpha value is -1.54. The second-order valence-corrected chi connectivity index (χ2v) is 17.8. The third-order valence-corrected chi connectivity index (χ3v) is 10.7. The number of hydrogen-bond donors (Lipinski definition) is 2. The van der Waals surface area contributed by atoms with E-state index in [2.05, 4.69) is 55.6 Å². The molecule has 0 rings (SSSR count). The lowest BCUT2D eigenvalue weighted by molar-refractivity contribution is -0.870. The van der Waals surface area contributed by atoms with Gasteiger partial charge in [0.25, 0.3) is 7.82 Å². The van der Waals surface area contributed by atoms with Crippen LogP contribution >= 0.6 is 7.82 Å². The predicted molar refractivity (Wildman–Crippen MR) is 233 cm³/mol. The predicted octanol–water partition coefficient (Wildman–Crippen LogP) is 11.8. The average molecular weight is 795 g/mol. The number of carbonyl (C=O) groups excluding carboxylic acids is 1. The van der Waals surface area contributed by atoms with Crippen LogP contribution in [-0.2, 0) is 18.4 Å². The first-order chi connectivity index (χ1) is 26.5. The number of quaternary nitrogens is 1. The number of rotatable bonds is 40. The minimum Gasteiger partial charge on any atom is -0.756 e. The molecule has 9 heteroatoms. The highest BCUT2D eigenvalue weighted by Crippen LogP contribution is 2.38. The maximum Gasteiger partial charge on any atom is 0.268 e. The third kappa shape index (κ3) is 40.5. The van der Waals surface area contributed by atoms with Gasteiger partial charge in [-0.15, -0.1) is 0 Å². The second-order valence-electron chi connectivity index (χ2n) is 16.4. The summed E-state index contributed by atoms with van der Waals surface area (Å²) in [5.74, 6) is -0.249. The zero-order valence-corrected chi connectivity index (χ0v) is 37.3. The fourth-order valence-electron chi connectivity index (χ4n) is 6.13. The van der Waals surface area contributed by atoms with E-state index < -0.39 is 26.6 Å². The molecule has 0 spiro atoms. The van der Waals surface area contributed by atoms with Crippen molar-refractivity contribution in [2.75, 3.05) is 40.9 Å². The van der Waals surface area contributed by atoms with Gasteiger partial charge < -0.3 is 28.8 Å². The molecule has 0 heterocycles. The smallest absolute Gasteiger partial charge is 0.268 e. The highest BCUT2D eigenvalue weighted by molar-refractivity contribution is 7.45. The lowest BCUT2D eigenvalue weighted by atomic mass is 10.0. The van der Waals surface area contributed by atoms with Gasteiger partial charge in [-0.1, -0.05) is 165 Å². The molecule has 0 aliphatic rings. The highest BCUT2D eigenvalue weighted by Gasteiger charge is 2.23. The Bertz CT molecular complexity index is 1040. The number of aliphatic hydroxyl groups is 1. The fraction of sp³-hybridized carbons (Fsp3) is 0.804. The van der Waals surface area contributed by atoms with E-state index in [1.807, 2.05) is 27.2 Å². The van der Waals surface area contributed by atoms with Crippen molar-refractivity contribution in [3.05, 3.63) is 48.6 Å². The van der Waals surface area contributed by atoms with E-state index in [9.17, 15) is 19.4 Å². The Morgan fingerprint density at radius 2 is 1.02 bits per heavy atom. The molecule has 0 aromatic heterocycles. The maximum absolute atomic E-state index is 12.7. The molecule has 3 unspecified atom stereocenters. The van der Waals surface area contributed by atoms with Gasteiger partial charge in [-0.2, -0.15) is 0 Å². The van der Waals surface area contributed by atoms with Gasteiger partial charge in [0.1, 0.15) is 13.2 Å². The van der Waals surface area contributed by atoms with Crippen molar-refractivity contribution in [2.24, 2.45) is 0 Å². The molecule has 0 aromatic carbocycles. The normalized spacial score (nSPS) is 14.8. The molecule has 0 aliphatic carbocycles. The number of likely N-dealkylation sites (N-methyl/N-ethyl adjacent to an activating group) is 1. The van der Waals surface area contributed by atoms with Crippen molar-refractivity contribution in [3.63, 3.8) is 0 Å². The number of nitrogens with one attached hydrogen (secondary N) is 1. The van der Waals surface area contributed by atoms with Crippen LogP contribution in [0.25, 0.3) is 0 Å². The summed E-state index contributed by atoms with van der Waals surface area (Å²) in [5.41, 5.74) is 0. The summed E-state index contributed by atoms with van der Waals surface area (Å²) in [7, 11) is 1.21. The molecule has 55 heavy (non-hydrogen) atoms. The molecular formula is C46H87N2O6P. The lowest BCUT2D eigenvalue weighted by Crippen LogP contribution is -2.45. The monoisotopic (exact) mass is 795 g/mol. The zero-order valence-electron chi connectivity index (χ0n) is 36.4. The van der Waals surface area contributed by atoms with E-state index in [-0.39, 0.29) is 18.9 Å². The molecule has 0 saturated carbocycles. The summed E-state index contributed by atoms with van der Waals surface area (Å²) < 4.78 is 23.1. The lowest BCUT2D eigenvalue weighted by Gasteiger charge is -2.29. The van der Waals surface area contributed by atoms with Gasteiger partial charge >= 0.3 is 0 Å². The molecule has 2 N–H and O–H groups in total. The van der Waals surface area contributed by atoms with Gasteiger partial charge in [-0.05, 0) is 64.2 Å². The molecular weight excluding hydrogens is 707 g/mol. The van der Waals surface area contributed by atoms with E-state index in [1.165, 1.54) is 122 Å². The van der Waals surface area contributed by atoms with E-state index in [4.69, 9.17) is 9.05 Å². The van der Waals surface area contributed by atoms with Crippen molar-refractivity contribution in [1.29, 1.82) is 0 Å². The van der Waals surface area contributed by atoms with Gasteiger partial charge in [0.15, 0.2) is 0 Å². The Morgan fingerprint density at radius 3 is 1.49 bits per heavy atom. The molecule has 3 atom stereocenters. The minimum absolute atomic E-state index is 0.0147. The summed E-state index contributed by atoms with van der Waals surface area (Å²) in [6.45, 7) is 4.54. The molecule has 1 amide bonds. The molecule has 0 bridgehead atoms. The van der Waals surface area contributed by atoms with Crippen LogP contribution in [0.4, 0.5) is 0 Å². The first-order valence-electron chi connectivity index (χ1n) is 22.5. The number of aliphatic hydroxyl groups excluding tert-OH is 1. The maximum atomic E-state index is 12.7. The number of nitrogens with zero attached hydrogens (tertiary/aromatic N) is 1. The summed E-state index contributed by atoms with van der Waals surface area (Å²) in [6, 6.07) is -0.922. The van der Waals surface area contributed by atoms with Gasteiger partial charge in [-0.25, -0.2) is 0 Å². The molecule has 0 radical (unpaired) electrons. The highest BCUT2D eigenvalue weighted by atomic mass is 31.2. The number of unbranched alkanes of at least 4 members (excludes halogenated alkanes) is 21. The summed E-state index contributed by atoms with van der Waals surface area (Å²) in [6.07, 6.45) is 47.7. The molecule has 0 fully saturated rings. The van der Waals surface area contributed by atoms with Crippen molar-refractivity contribution in [1.82, 2.24) is 5.32 Å². The number of phosphoric ester groups is 1. The van der Waals surface area contributed by atoms with Crippen molar-refractivity contribution >= 4 is 13.7 Å². The summed E-state index contributed by atoms with van der Waals surface area (Å²) >= 11 is 0. The fourth-order valence-corrected chi connectivity index (χ4v) is 6.85. The Kier molecular flexibility index (Phi) is 36.9. The number of phosphoric acid groups is 1. The van der Waals surface area contributed by atoms with Crippen LogP contribution in [-0.4, -0.2) is 68.5 Å². The van der Waals surface area contributed by atoms with E-state index in [0.717, 1.165) is 38.5 Å². The first kappa shape index (κ1) is 53.5. The standard InChI is InChI=1S/C46H87N2O6P/c1-6-8-10-12-14-16-17-18-19-20-21-22-23-24-25-26-27-28-29-30-32-33-35-37-39-45(49)44(43-54-55(51,52)53-42-41-48(3,4)5)47-46(50)40-38-36-34-31-15-13-11-9-7-2/h26-27,30-32,34,37,39,44-45,49H,6-25,28-29,33,35-36,38,40-43H2,1-5H3,(H-,47,50,51,52)/b27-26+,32-30+,34-31-,39-37+. The van der Waals surface area contributed by atoms with Gasteiger partial charge in [-0.3, -0.25) is 9.36 Å². The molecule has 8 nitrogen and oxygen atoms in total. The quantitative estimate of drug-likeness (QED) is 0.0277. The van der Waals surface area contributed by atoms with Crippen LogP contribution in [0.15, 0.2) is 48.6 Å². The van der Waals surface area contributed by atoms with E-state index >= 15 is 0 Å². The average Bonchev–Trinajstić information content (AvgIpc) is 3.13. The van der Waals surface area contributed by atoms with Gasteiger partial charge in [0, 0.05) is 6.42 Å². The number of carbonyl (C=O) groups is 1. The number of hydrogen-bond acceptors (Lipinski definition) is 6. The largest absolute Gasteiger partial charge is 0.756 e. The van der Waals surface area contributed by atoms with Crippen LogP contribution in [0.5, 0.6) is 0 Å².